The Hall–Kier alpha value is -1.64. The van der Waals surface area contributed by atoms with Crippen molar-refractivity contribution >= 4 is 40.4 Å². The summed E-state index contributed by atoms with van der Waals surface area (Å²) in [6.07, 6.45) is 4.15. The molecule has 0 bridgehead atoms. The van der Waals surface area contributed by atoms with Crippen LogP contribution in [0.5, 0.6) is 0 Å². The molecular weight excluding hydrogens is 397 g/mol. The molecule has 2 N–H and O–H groups in total. The van der Waals surface area contributed by atoms with E-state index in [0.717, 1.165) is 27.8 Å². The summed E-state index contributed by atoms with van der Waals surface area (Å²) in [5.41, 5.74) is 2.00. The predicted octanol–water partition coefficient (Wildman–Crippen LogP) is 2.19. The highest BCUT2D eigenvalue weighted by Crippen LogP contribution is 2.33. The zero-order valence-electron chi connectivity index (χ0n) is 11.9. The van der Waals surface area contributed by atoms with E-state index in [1.54, 1.807) is 24.3 Å². The van der Waals surface area contributed by atoms with Gasteiger partial charge in [0, 0.05) is 9.13 Å². The molecule has 1 spiro atoms. The Kier molecular flexibility index (Phi) is 4.07. The van der Waals surface area contributed by atoms with Gasteiger partial charge in [0.15, 0.2) is 0 Å². The van der Waals surface area contributed by atoms with Gasteiger partial charge in [-0.25, -0.2) is 4.79 Å². The van der Waals surface area contributed by atoms with Crippen molar-refractivity contribution in [3.8, 4) is 0 Å². The van der Waals surface area contributed by atoms with Gasteiger partial charge >= 0.3 is 6.03 Å². The molecule has 1 saturated heterocycles. The van der Waals surface area contributed by atoms with E-state index in [1.165, 1.54) is 0 Å². The van der Waals surface area contributed by atoms with Crippen LogP contribution in [0, 0.1) is 3.57 Å². The summed E-state index contributed by atoms with van der Waals surface area (Å²) < 4.78 is 1.00. The molecule has 1 aromatic carbocycles. The summed E-state index contributed by atoms with van der Waals surface area (Å²) >= 11 is 2.14. The first kappa shape index (κ1) is 15.3. The van der Waals surface area contributed by atoms with E-state index in [9.17, 15) is 14.4 Å². The van der Waals surface area contributed by atoms with Gasteiger partial charge in [-0.15, -0.1) is 0 Å². The zero-order valence-corrected chi connectivity index (χ0v) is 14.1. The SMILES string of the molecule is O=C(NN1C(=O)NC2(CCCCC2)C1=O)c1ccc(I)cc1. The lowest BCUT2D eigenvalue weighted by Crippen LogP contribution is -2.50. The summed E-state index contributed by atoms with van der Waals surface area (Å²) in [6.45, 7) is 0. The number of rotatable bonds is 2. The fraction of sp³-hybridized carbons (Fsp3) is 0.400. The summed E-state index contributed by atoms with van der Waals surface area (Å²) in [5, 5.41) is 3.58. The van der Waals surface area contributed by atoms with Crippen molar-refractivity contribution in [3.63, 3.8) is 0 Å². The number of imide groups is 1. The maximum atomic E-state index is 12.5. The first-order valence-corrected chi connectivity index (χ1v) is 8.33. The highest BCUT2D eigenvalue weighted by atomic mass is 127. The molecule has 0 radical (unpaired) electrons. The number of amides is 4. The molecule has 2 fully saturated rings. The van der Waals surface area contributed by atoms with Crippen LogP contribution in [0.3, 0.4) is 0 Å². The number of carbonyl (C=O) groups is 3. The first-order chi connectivity index (χ1) is 10.5. The molecule has 116 valence electrons. The Morgan fingerprint density at radius 1 is 1.14 bits per heavy atom. The molecule has 1 aliphatic heterocycles. The van der Waals surface area contributed by atoms with E-state index in [-0.39, 0.29) is 5.91 Å². The van der Waals surface area contributed by atoms with E-state index >= 15 is 0 Å². The summed E-state index contributed by atoms with van der Waals surface area (Å²) in [4.78, 5) is 36.8. The number of benzene rings is 1. The number of nitrogens with one attached hydrogen (secondary N) is 2. The molecule has 4 amide bonds. The third-order valence-corrected chi connectivity index (χ3v) is 4.91. The fourth-order valence-electron chi connectivity index (χ4n) is 2.98. The molecule has 1 saturated carbocycles. The van der Waals surface area contributed by atoms with Crippen molar-refractivity contribution in [1.29, 1.82) is 0 Å². The van der Waals surface area contributed by atoms with Crippen molar-refractivity contribution in [2.75, 3.05) is 0 Å². The monoisotopic (exact) mass is 413 g/mol. The molecule has 0 unspecified atom stereocenters. The van der Waals surface area contributed by atoms with Crippen LogP contribution in [0.15, 0.2) is 24.3 Å². The topological polar surface area (TPSA) is 78.5 Å². The Bertz CT molecular complexity index is 623. The number of nitrogens with zero attached hydrogens (tertiary/aromatic N) is 1. The molecule has 22 heavy (non-hydrogen) atoms. The summed E-state index contributed by atoms with van der Waals surface area (Å²) in [7, 11) is 0. The molecule has 3 rings (SSSR count). The van der Waals surface area contributed by atoms with E-state index in [2.05, 4.69) is 33.3 Å². The van der Waals surface area contributed by atoms with Gasteiger partial charge < -0.3 is 5.32 Å². The Balaban J connectivity index is 1.74. The van der Waals surface area contributed by atoms with Gasteiger partial charge in [-0.05, 0) is 59.7 Å². The molecule has 0 aromatic heterocycles. The summed E-state index contributed by atoms with van der Waals surface area (Å²) in [5.74, 6) is -0.816. The van der Waals surface area contributed by atoms with E-state index in [0.29, 0.717) is 18.4 Å². The Labute approximate surface area is 141 Å². The maximum Gasteiger partial charge on any atom is 0.344 e. The summed E-state index contributed by atoms with van der Waals surface area (Å²) in [6, 6.07) is 6.36. The van der Waals surface area contributed by atoms with Crippen molar-refractivity contribution in [2.45, 2.75) is 37.6 Å². The first-order valence-electron chi connectivity index (χ1n) is 7.25. The van der Waals surface area contributed by atoms with Crippen LogP contribution in [0.1, 0.15) is 42.5 Å². The van der Waals surface area contributed by atoms with Gasteiger partial charge in [-0.1, -0.05) is 19.3 Å². The second-order valence-electron chi connectivity index (χ2n) is 5.66. The molecular formula is C15H16IN3O3. The standard InChI is InChI=1S/C15H16IN3O3/c16-11-6-4-10(5-7-11)12(20)18-19-13(21)15(17-14(19)22)8-2-1-3-9-15/h4-7H,1-3,8-9H2,(H,17,22)(H,18,20). The van der Waals surface area contributed by atoms with Crippen LogP contribution in [-0.2, 0) is 4.79 Å². The molecule has 1 heterocycles. The second-order valence-corrected chi connectivity index (χ2v) is 6.91. The number of hydrogen-bond donors (Lipinski definition) is 2. The molecule has 7 heteroatoms. The lowest BCUT2D eigenvalue weighted by atomic mass is 9.82. The van der Waals surface area contributed by atoms with Crippen molar-refractivity contribution in [3.05, 3.63) is 33.4 Å². The van der Waals surface area contributed by atoms with Crippen LogP contribution in [-0.4, -0.2) is 28.4 Å². The number of halogens is 1. The Morgan fingerprint density at radius 3 is 2.41 bits per heavy atom. The third-order valence-electron chi connectivity index (χ3n) is 4.19. The van der Waals surface area contributed by atoms with Crippen molar-refractivity contribution < 1.29 is 14.4 Å². The Morgan fingerprint density at radius 2 is 1.77 bits per heavy atom. The fourth-order valence-corrected chi connectivity index (χ4v) is 3.34. The lowest BCUT2D eigenvalue weighted by Gasteiger charge is -2.30. The van der Waals surface area contributed by atoms with E-state index < -0.39 is 17.5 Å². The van der Waals surface area contributed by atoms with Crippen molar-refractivity contribution in [2.24, 2.45) is 0 Å². The lowest BCUT2D eigenvalue weighted by molar-refractivity contribution is -0.134. The number of carbonyl (C=O) groups excluding carboxylic acids is 3. The van der Waals surface area contributed by atoms with E-state index in [1.807, 2.05) is 0 Å². The predicted molar refractivity (Wildman–Crippen MR) is 87.8 cm³/mol. The van der Waals surface area contributed by atoms with Gasteiger partial charge in [0.2, 0.25) is 0 Å². The molecule has 2 aliphatic rings. The molecule has 6 nitrogen and oxygen atoms in total. The van der Waals surface area contributed by atoms with Crippen molar-refractivity contribution in [1.82, 2.24) is 15.8 Å². The van der Waals surface area contributed by atoms with Crippen LogP contribution < -0.4 is 10.7 Å². The van der Waals surface area contributed by atoms with E-state index in [4.69, 9.17) is 0 Å². The zero-order chi connectivity index (χ0) is 15.7. The minimum atomic E-state index is -0.825. The largest absolute Gasteiger partial charge is 0.344 e. The van der Waals surface area contributed by atoms with Gasteiger partial charge in [0.25, 0.3) is 11.8 Å². The highest BCUT2D eigenvalue weighted by Gasteiger charge is 2.52. The molecule has 0 atom stereocenters. The minimum absolute atomic E-state index is 0.351. The normalized spacial score (nSPS) is 20.1. The van der Waals surface area contributed by atoms with Crippen LogP contribution in [0.2, 0.25) is 0 Å². The van der Waals surface area contributed by atoms with Crippen LogP contribution in [0.25, 0.3) is 0 Å². The van der Waals surface area contributed by atoms with Gasteiger partial charge in [-0.3, -0.25) is 15.0 Å². The van der Waals surface area contributed by atoms with Gasteiger partial charge in [0.05, 0.1) is 0 Å². The molecule has 1 aliphatic carbocycles. The number of urea groups is 1. The van der Waals surface area contributed by atoms with Gasteiger partial charge in [-0.2, -0.15) is 5.01 Å². The quantitative estimate of drug-likeness (QED) is 0.577. The average Bonchev–Trinajstić information content (AvgIpc) is 2.73. The molecule has 1 aromatic rings. The smallest absolute Gasteiger partial charge is 0.322 e. The van der Waals surface area contributed by atoms with Crippen LogP contribution >= 0.6 is 22.6 Å². The van der Waals surface area contributed by atoms with Crippen LogP contribution in [0.4, 0.5) is 4.79 Å². The second kappa shape index (κ2) is 5.86. The maximum absolute atomic E-state index is 12.5. The third kappa shape index (κ3) is 2.69. The highest BCUT2D eigenvalue weighted by molar-refractivity contribution is 14.1. The number of hydrazine groups is 1. The number of hydrogen-bond acceptors (Lipinski definition) is 3. The average molecular weight is 413 g/mol. The van der Waals surface area contributed by atoms with Gasteiger partial charge in [0.1, 0.15) is 5.54 Å². The minimum Gasteiger partial charge on any atom is -0.322 e.